The second-order valence-corrected chi connectivity index (χ2v) is 8.23. The van der Waals surface area contributed by atoms with Crippen LogP contribution in [0.15, 0.2) is 36.7 Å². The minimum atomic E-state index is -0.287. The minimum absolute atomic E-state index is 0.165. The van der Waals surface area contributed by atoms with Gasteiger partial charge in [-0.25, -0.2) is 4.39 Å². The molecule has 0 spiro atoms. The highest BCUT2D eigenvalue weighted by molar-refractivity contribution is 6.06. The van der Waals surface area contributed by atoms with Crippen LogP contribution in [0.25, 0.3) is 11.3 Å². The average molecular weight is 467 g/mol. The maximum Gasteiger partial charge on any atom is 0.255 e. The van der Waals surface area contributed by atoms with Crippen molar-refractivity contribution in [1.29, 1.82) is 0 Å². The molecule has 2 aromatic heterocycles. The molecule has 9 heteroatoms. The number of halogens is 1. The standard InChI is InChI=1S/C25H27FN4O4/c1-2-16-18(26)4-3-5-19(16)29-24-22-20(7-9-28-25(22)31)30-23(24)17-6-8-27-12-21(17)34-14-15-13-32-10-11-33-15/h3-6,8,12,15,29-30H,2,7,9-11,13-14H2,1H3,(H,28,31)/t15-/m1/s1. The van der Waals surface area contributed by atoms with E-state index in [9.17, 15) is 9.18 Å². The number of nitrogens with one attached hydrogen (secondary N) is 3. The summed E-state index contributed by atoms with van der Waals surface area (Å²) < 4.78 is 31.7. The zero-order valence-electron chi connectivity index (χ0n) is 18.9. The summed E-state index contributed by atoms with van der Waals surface area (Å²) in [7, 11) is 0. The fraction of sp³-hybridized carbons (Fsp3) is 0.360. The lowest BCUT2D eigenvalue weighted by molar-refractivity contribution is -0.101. The lowest BCUT2D eigenvalue weighted by Crippen LogP contribution is -2.33. The molecule has 0 saturated carbocycles. The van der Waals surface area contributed by atoms with Crippen LogP contribution in [-0.2, 0) is 22.3 Å². The second-order valence-electron chi connectivity index (χ2n) is 8.23. The molecule has 1 atom stereocenters. The molecule has 2 aliphatic rings. The van der Waals surface area contributed by atoms with E-state index in [4.69, 9.17) is 14.2 Å². The number of ether oxygens (including phenoxy) is 3. The van der Waals surface area contributed by atoms with E-state index >= 15 is 0 Å². The van der Waals surface area contributed by atoms with Gasteiger partial charge < -0.3 is 29.8 Å². The maximum absolute atomic E-state index is 14.5. The predicted octanol–water partition coefficient (Wildman–Crippen LogP) is 3.60. The number of H-pyrrole nitrogens is 1. The van der Waals surface area contributed by atoms with Crippen molar-refractivity contribution in [3.8, 4) is 17.0 Å². The van der Waals surface area contributed by atoms with E-state index in [1.165, 1.54) is 6.07 Å². The van der Waals surface area contributed by atoms with Gasteiger partial charge in [0.1, 0.15) is 24.3 Å². The quantitative estimate of drug-likeness (QED) is 0.492. The number of benzene rings is 1. The first-order valence-corrected chi connectivity index (χ1v) is 11.5. The van der Waals surface area contributed by atoms with Crippen molar-refractivity contribution in [2.45, 2.75) is 25.9 Å². The summed E-state index contributed by atoms with van der Waals surface area (Å²) in [6, 6.07) is 6.75. The van der Waals surface area contributed by atoms with Gasteiger partial charge in [-0.2, -0.15) is 0 Å². The molecule has 3 aromatic rings. The molecular formula is C25H27FN4O4. The van der Waals surface area contributed by atoms with Gasteiger partial charge in [0.2, 0.25) is 0 Å². The van der Waals surface area contributed by atoms with Crippen molar-refractivity contribution in [1.82, 2.24) is 15.3 Å². The molecule has 8 nitrogen and oxygen atoms in total. The van der Waals surface area contributed by atoms with Crippen LogP contribution in [0.2, 0.25) is 0 Å². The lowest BCUT2D eigenvalue weighted by atomic mass is 10.0. The zero-order valence-corrected chi connectivity index (χ0v) is 18.9. The Morgan fingerprint density at radius 3 is 3.03 bits per heavy atom. The molecule has 0 unspecified atom stereocenters. The summed E-state index contributed by atoms with van der Waals surface area (Å²) in [5, 5.41) is 6.25. The molecule has 5 rings (SSSR count). The third-order valence-corrected chi connectivity index (χ3v) is 6.06. The molecule has 1 fully saturated rings. The highest BCUT2D eigenvalue weighted by atomic mass is 19.1. The van der Waals surface area contributed by atoms with Gasteiger partial charge in [-0.15, -0.1) is 0 Å². The number of pyridine rings is 1. The molecule has 0 radical (unpaired) electrons. The number of rotatable bonds is 7. The van der Waals surface area contributed by atoms with Crippen LogP contribution in [0.1, 0.15) is 28.5 Å². The maximum atomic E-state index is 14.5. The van der Waals surface area contributed by atoms with E-state index in [1.807, 2.05) is 19.1 Å². The van der Waals surface area contributed by atoms with Crippen molar-refractivity contribution < 1.29 is 23.4 Å². The third kappa shape index (κ3) is 4.36. The average Bonchev–Trinajstić information content (AvgIpc) is 3.23. The smallest absolute Gasteiger partial charge is 0.255 e. The Morgan fingerprint density at radius 1 is 1.29 bits per heavy atom. The van der Waals surface area contributed by atoms with Crippen LogP contribution >= 0.6 is 0 Å². The third-order valence-electron chi connectivity index (χ3n) is 6.06. The van der Waals surface area contributed by atoms with Gasteiger partial charge in [0, 0.05) is 41.7 Å². The normalized spacial score (nSPS) is 17.7. The number of amides is 1. The van der Waals surface area contributed by atoms with E-state index in [0.717, 1.165) is 11.3 Å². The summed E-state index contributed by atoms with van der Waals surface area (Å²) in [6.07, 6.45) is 4.32. The summed E-state index contributed by atoms with van der Waals surface area (Å²) in [6.45, 7) is 4.35. The molecule has 2 aliphatic heterocycles. The van der Waals surface area contributed by atoms with Crippen molar-refractivity contribution in [3.05, 3.63) is 59.3 Å². The lowest BCUT2D eigenvalue weighted by Gasteiger charge is -2.23. The predicted molar refractivity (Wildman–Crippen MR) is 125 cm³/mol. The number of aromatic amines is 1. The molecule has 178 valence electrons. The van der Waals surface area contributed by atoms with Crippen LogP contribution in [0, 0.1) is 5.82 Å². The summed E-state index contributed by atoms with van der Waals surface area (Å²) in [5.41, 5.74) is 4.54. The molecule has 4 heterocycles. The van der Waals surface area contributed by atoms with Gasteiger partial charge >= 0.3 is 0 Å². The van der Waals surface area contributed by atoms with Gasteiger partial charge in [-0.3, -0.25) is 9.78 Å². The minimum Gasteiger partial charge on any atom is -0.488 e. The number of hydrogen-bond acceptors (Lipinski definition) is 6. The van der Waals surface area contributed by atoms with E-state index in [1.54, 1.807) is 18.5 Å². The highest BCUT2D eigenvalue weighted by Crippen LogP contribution is 2.41. The van der Waals surface area contributed by atoms with Gasteiger partial charge in [0.15, 0.2) is 0 Å². The van der Waals surface area contributed by atoms with Crippen molar-refractivity contribution in [2.24, 2.45) is 0 Å². The fourth-order valence-corrected chi connectivity index (χ4v) is 4.39. The summed E-state index contributed by atoms with van der Waals surface area (Å²) in [5.74, 6) is 0.0872. The number of fused-ring (bicyclic) bond motifs is 1. The van der Waals surface area contributed by atoms with Gasteiger partial charge in [0.05, 0.1) is 43.0 Å². The SMILES string of the molecule is CCc1c(F)cccc1Nc1c(-c2ccncc2OC[C@H]2COCCO2)[nH]c2c1C(=O)NCC2. The molecular weight excluding hydrogens is 439 g/mol. The Labute approximate surface area is 196 Å². The van der Waals surface area contributed by atoms with Crippen molar-refractivity contribution in [3.63, 3.8) is 0 Å². The van der Waals surface area contributed by atoms with E-state index in [0.29, 0.717) is 79.8 Å². The summed E-state index contributed by atoms with van der Waals surface area (Å²) >= 11 is 0. The largest absolute Gasteiger partial charge is 0.488 e. The Balaban J connectivity index is 1.55. The van der Waals surface area contributed by atoms with Crippen LogP contribution in [-0.4, -0.2) is 55.0 Å². The Morgan fingerprint density at radius 2 is 2.21 bits per heavy atom. The molecule has 34 heavy (non-hydrogen) atoms. The Hall–Kier alpha value is -3.43. The molecule has 0 bridgehead atoms. The van der Waals surface area contributed by atoms with Crippen molar-refractivity contribution in [2.75, 3.05) is 38.3 Å². The number of anilines is 2. The first-order valence-electron chi connectivity index (χ1n) is 11.5. The van der Waals surface area contributed by atoms with Crippen LogP contribution < -0.4 is 15.4 Å². The first kappa shape index (κ1) is 22.4. The van der Waals surface area contributed by atoms with E-state index in [-0.39, 0.29) is 17.8 Å². The number of carbonyl (C=O) groups is 1. The Kier molecular flexibility index (Phi) is 6.46. The molecule has 1 amide bonds. The van der Waals surface area contributed by atoms with E-state index < -0.39 is 0 Å². The van der Waals surface area contributed by atoms with Gasteiger partial charge in [-0.05, 0) is 24.6 Å². The van der Waals surface area contributed by atoms with Crippen LogP contribution in [0.4, 0.5) is 15.8 Å². The Bertz CT molecular complexity index is 1190. The molecule has 3 N–H and O–H groups in total. The zero-order chi connectivity index (χ0) is 23.5. The fourth-order valence-electron chi connectivity index (χ4n) is 4.39. The van der Waals surface area contributed by atoms with Crippen LogP contribution in [0.5, 0.6) is 5.75 Å². The molecule has 1 saturated heterocycles. The monoisotopic (exact) mass is 466 g/mol. The number of aromatic nitrogens is 2. The molecule has 1 aromatic carbocycles. The van der Waals surface area contributed by atoms with Crippen molar-refractivity contribution >= 4 is 17.3 Å². The first-order chi connectivity index (χ1) is 16.7. The summed E-state index contributed by atoms with van der Waals surface area (Å²) in [4.78, 5) is 20.5. The molecule has 0 aliphatic carbocycles. The number of hydrogen-bond donors (Lipinski definition) is 3. The highest BCUT2D eigenvalue weighted by Gasteiger charge is 2.29. The van der Waals surface area contributed by atoms with Crippen LogP contribution in [0.3, 0.4) is 0 Å². The van der Waals surface area contributed by atoms with Gasteiger partial charge in [-0.1, -0.05) is 13.0 Å². The second kappa shape index (κ2) is 9.82. The topological polar surface area (TPSA) is 97.5 Å². The number of carbonyl (C=O) groups excluding carboxylic acids is 1. The van der Waals surface area contributed by atoms with E-state index in [2.05, 4.69) is 20.6 Å². The number of nitrogens with zero attached hydrogens (tertiary/aromatic N) is 1. The van der Waals surface area contributed by atoms with Gasteiger partial charge in [0.25, 0.3) is 5.91 Å².